The number of nitrogens with one attached hydrogen (secondary N) is 2. The van der Waals surface area contributed by atoms with Crippen LogP contribution in [0.1, 0.15) is 16.1 Å². The van der Waals surface area contributed by atoms with Gasteiger partial charge in [0.05, 0.1) is 6.20 Å². The van der Waals surface area contributed by atoms with Gasteiger partial charge in [-0.15, -0.1) is 10.2 Å². The number of carbonyl (C=O) groups excluding carboxylic acids is 1. The van der Waals surface area contributed by atoms with Crippen LogP contribution in [0.4, 0.5) is 5.82 Å². The lowest BCUT2D eigenvalue weighted by Gasteiger charge is -2.00. The number of rotatable bonds is 3. The molecule has 0 spiro atoms. The Labute approximate surface area is 90.8 Å². The number of carbonyl (C=O) groups is 1. The van der Waals surface area contributed by atoms with Crippen molar-refractivity contribution in [3.8, 4) is 0 Å². The Hall–Kier alpha value is -2.38. The van der Waals surface area contributed by atoms with Gasteiger partial charge in [0.1, 0.15) is 0 Å². The Morgan fingerprint density at radius 1 is 1.62 bits per heavy atom. The zero-order valence-corrected chi connectivity index (χ0v) is 8.64. The second-order valence-electron chi connectivity index (χ2n) is 3.26. The van der Waals surface area contributed by atoms with E-state index in [1.807, 2.05) is 6.20 Å². The van der Waals surface area contributed by atoms with E-state index >= 15 is 0 Å². The molecule has 16 heavy (non-hydrogen) atoms. The molecule has 2 heterocycles. The molecule has 0 bridgehead atoms. The SMILES string of the molecule is Cn1cc(CNC(=O)c2n[nH]nc2N)cn1. The van der Waals surface area contributed by atoms with E-state index in [1.165, 1.54) is 0 Å². The summed E-state index contributed by atoms with van der Waals surface area (Å²) >= 11 is 0. The summed E-state index contributed by atoms with van der Waals surface area (Å²) in [5, 5.41) is 16.1. The van der Waals surface area contributed by atoms with E-state index in [0.29, 0.717) is 6.54 Å². The fraction of sp³-hybridized carbons (Fsp3) is 0.250. The van der Waals surface area contributed by atoms with Crippen molar-refractivity contribution in [2.24, 2.45) is 7.05 Å². The van der Waals surface area contributed by atoms with Crippen LogP contribution in [0.3, 0.4) is 0 Å². The highest BCUT2D eigenvalue weighted by Gasteiger charge is 2.13. The van der Waals surface area contributed by atoms with Crippen LogP contribution < -0.4 is 11.1 Å². The zero-order chi connectivity index (χ0) is 11.5. The molecule has 1 amide bonds. The molecule has 8 heteroatoms. The third-order valence-corrected chi connectivity index (χ3v) is 2.00. The van der Waals surface area contributed by atoms with Crippen molar-refractivity contribution >= 4 is 11.7 Å². The molecule has 2 aromatic heterocycles. The highest BCUT2D eigenvalue weighted by atomic mass is 16.2. The molecule has 2 aromatic rings. The summed E-state index contributed by atoms with van der Waals surface area (Å²) < 4.78 is 1.66. The third kappa shape index (κ3) is 2.00. The van der Waals surface area contributed by atoms with Crippen molar-refractivity contribution < 1.29 is 4.79 Å². The number of aromatic amines is 1. The molecule has 8 nitrogen and oxygen atoms in total. The molecular weight excluding hydrogens is 210 g/mol. The van der Waals surface area contributed by atoms with Gasteiger partial charge < -0.3 is 11.1 Å². The zero-order valence-electron chi connectivity index (χ0n) is 8.64. The minimum atomic E-state index is -0.366. The van der Waals surface area contributed by atoms with Crippen LogP contribution in [-0.2, 0) is 13.6 Å². The van der Waals surface area contributed by atoms with Crippen LogP contribution in [0, 0.1) is 0 Å². The van der Waals surface area contributed by atoms with Crippen molar-refractivity contribution in [3.63, 3.8) is 0 Å². The highest BCUT2D eigenvalue weighted by Crippen LogP contribution is 2.02. The Bertz CT molecular complexity index is 500. The Morgan fingerprint density at radius 3 is 3.00 bits per heavy atom. The number of hydrogen-bond donors (Lipinski definition) is 3. The molecule has 0 aliphatic heterocycles. The first-order valence-electron chi connectivity index (χ1n) is 4.59. The van der Waals surface area contributed by atoms with E-state index in [0.717, 1.165) is 5.56 Å². The number of amides is 1. The van der Waals surface area contributed by atoms with Gasteiger partial charge in [-0.2, -0.15) is 10.3 Å². The van der Waals surface area contributed by atoms with Crippen LogP contribution in [0.2, 0.25) is 0 Å². The molecule has 2 rings (SSSR count). The number of H-pyrrole nitrogens is 1. The smallest absolute Gasteiger partial charge is 0.275 e. The number of aromatic nitrogens is 5. The van der Waals surface area contributed by atoms with Crippen LogP contribution in [0.5, 0.6) is 0 Å². The Kier molecular flexibility index (Phi) is 2.54. The van der Waals surface area contributed by atoms with E-state index in [4.69, 9.17) is 5.73 Å². The van der Waals surface area contributed by atoms with Crippen molar-refractivity contribution in [2.45, 2.75) is 6.54 Å². The normalized spacial score (nSPS) is 10.3. The largest absolute Gasteiger partial charge is 0.380 e. The first-order valence-corrected chi connectivity index (χ1v) is 4.59. The van der Waals surface area contributed by atoms with Gasteiger partial charge in [-0.25, -0.2) is 0 Å². The first kappa shape index (κ1) is 10.1. The topological polar surface area (TPSA) is 115 Å². The maximum absolute atomic E-state index is 11.6. The predicted octanol–water partition coefficient (Wildman–Crippen LogP) is -0.950. The van der Waals surface area contributed by atoms with Gasteiger partial charge in [0.2, 0.25) is 0 Å². The summed E-state index contributed by atoms with van der Waals surface area (Å²) in [6.07, 6.45) is 3.48. The summed E-state index contributed by atoms with van der Waals surface area (Å²) in [5.74, 6) is -0.279. The standard InChI is InChI=1S/C8H11N7O/c1-15-4-5(3-11-15)2-10-8(16)6-7(9)13-14-12-6/h3-4H,2H2,1H3,(H,10,16)(H3,9,12,13,14). The summed E-state index contributed by atoms with van der Waals surface area (Å²) in [7, 11) is 1.81. The van der Waals surface area contributed by atoms with E-state index in [9.17, 15) is 4.79 Å². The second-order valence-corrected chi connectivity index (χ2v) is 3.26. The lowest BCUT2D eigenvalue weighted by molar-refractivity contribution is 0.0947. The lowest BCUT2D eigenvalue weighted by atomic mass is 10.3. The fourth-order valence-electron chi connectivity index (χ4n) is 1.24. The summed E-state index contributed by atoms with van der Waals surface area (Å²) in [6.45, 7) is 0.374. The van der Waals surface area contributed by atoms with Gasteiger partial charge in [0.25, 0.3) is 5.91 Å². The number of nitrogen functional groups attached to an aromatic ring is 1. The molecular formula is C8H11N7O. The van der Waals surface area contributed by atoms with Gasteiger partial charge >= 0.3 is 0 Å². The maximum atomic E-state index is 11.6. The first-order chi connectivity index (χ1) is 7.66. The average molecular weight is 221 g/mol. The summed E-state index contributed by atoms with van der Waals surface area (Å²) in [5.41, 5.74) is 6.43. The molecule has 84 valence electrons. The molecule has 0 radical (unpaired) electrons. The van der Waals surface area contributed by atoms with Crippen LogP contribution in [0.25, 0.3) is 0 Å². The summed E-state index contributed by atoms with van der Waals surface area (Å²) in [4.78, 5) is 11.6. The quantitative estimate of drug-likeness (QED) is 0.618. The minimum absolute atomic E-state index is 0.0867. The number of hydrogen-bond acceptors (Lipinski definition) is 5. The van der Waals surface area contributed by atoms with Gasteiger partial charge in [0.15, 0.2) is 11.5 Å². The van der Waals surface area contributed by atoms with Crippen LogP contribution in [0.15, 0.2) is 12.4 Å². The van der Waals surface area contributed by atoms with E-state index in [-0.39, 0.29) is 17.4 Å². The number of nitrogens with zero attached hydrogens (tertiary/aromatic N) is 4. The molecule has 0 fully saturated rings. The van der Waals surface area contributed by atoms with Gasteiger partial charge in [-0.1, -0.05) is 0 Å². The van der Waals surface area contributed by atoms with E-state index in [2.05, 4.69) is 25.8 Å². The Morgan fingerprint density at radius 2 is 2.44 bits per heavy atom. The molecule has 0 aromatic carbocycles. The van der Waals surface area contributed by atoms with E-state index in [1.54, 1.807) is 17.9 Å². The van der Waals surface area contributed by atoms with Gasteiger partial charge in [0, 0.05) is 25.4 Å². The molecule has 0 saturated carbocycles. The highest BCUT2D eigenvalue weighted by molar-refractivity contribution is 5.96. The minimum Gasteiger partial charge on any atom is -0.380 e. The average Bonchev–Trinajstić information content (AvgIpc) is 2.84. The molecule has 0 aliphatic carbocycles. The third-order valence-electron chi connectivity index (χ3n) is 2.00. The maximum Gasteiger partial charge on any atom is 0.275 e. The molecule has 0 unspecified atom stereocenters. The number of anilines is 1. The monoisotopic (exact) mass is 221 g/mol. The molecule has 0 saturated heterocycles. The molecule has 0 aliphatic rings. The number of nitrogens with two attached hydrogens (primary N) is 1. The fourth-order valence-corrected chi connectivity index (χ4v) is 1.24. The van der Waals surface area contributed by atoms with Gasteiger partial charge in [-0.05, 0) is 0 Å². The van der Waals surface area contributed by atoms with Gasteiger partial charge in [-0.3, -0.25) is 9.48 Å². The van der Waals surface area contributed by atoms with Crippen molar-refractivity contribution in [1.82, 2.24) is 30.5 Å². The predicted molar refractivity (Wildman–Crippen MR) is 55.2 cm³/mol. The Balaban J connectivity index is 1.96. The number of aryl methyl sites for hydroxylation is 1. The lowest BCUT2D eigenvalue weighted by Crippen LogP contribution is -2.23. The van der Waals surface area contributed by atoms with Crippen molar-refractivity contribution in [2.75, 3.05) is 5.73 Å². The molecule has 4 N–H and O–H groups in total. The van der Waals surface area contributed by atoms with E-state index < -0.39 is 0 Å². The summed E-state index contributed by atoms with van der Waals surface area (Å²) in [6, 6.07) is 0. The van der Waals surface area contributed by atoms with Crippen LogP contribution >= 0.6 is 0 Å². The second kappa shape index (κ2) is 4.01. The van der Waals surface area contributed by atoms with Crippen LogP contribution in [-0.4, -0.2) is 31.1 Å². The molecule has 0 atom stereocenters. The van der Waals surface area contributed by atoms with Crippen molar-refractivity contribution in [1.29, 1.82) is 0 Å². The van der Waals surface area contributed by atoms with Crippen molar-refractivity contribution in [3.05, 3.63) is 23.7 Å².